The molecule has 4 saturated heterocycles. The summed E-state index contributed by atoms with van der Waals surface area (Å²) in [7, 11) is 0. The monoisotopic (exact) mass is 434 g/mol. The Kier molecular flexibility index (Phi) is 4.80. The fourth-order valence-corrected chi connectivity index (χ4v) is 5.68. The van der Waals surface area contributed by atoms with Crippen LogP contribution >= 0.6 is 0 Å². The quantitative estimate of drug-likeness (QED) is 0.466. The van der Waals surface area contributed by atoms with Gasteiger partial charge in [-0.15, -0.1) is 0 Å². The minimum absolute atomic E-state index is 0.103. The molecule has 0 N–H and O–H groups in total. The molecular weight excluding hydrogens is 410 g/mol. The maximum absolute atomic E-state index is 14.2. The molecule has 0 aromatic heterocycles. The van der Waals surface area contributed by atoms with Crippen LogP contribution in [0.1, 0.15) is 46.5 Å². The van der Waals surface area contributed by atoms with Crippen molar-refractivity contribution in [3.63, 3.8) is 0 Å². The number of hydrogen-bond acceptors (Lipinski definition) is 5. The molecule has 2 bridgehead atoms. The van der Waals surface area contributed by atoms with Crippen LogP contribution in [0.4, 0.5) is 26.3 Å². The van der Waals surface area contributed by atoms with Gasteiger partial charge in [0.2, 0.25) is 5.79 Å². The molecule has 29 heavy (non-hydrogen) atoms. The average Bonchev–Trinajstić information content (AvgIpc) is 2.81. The summed E-state index contributed by atoms with van der Waals surface area (Å²) in [6, 6.07) is 0. The molecule has 1 spiro atoms. The van der Waals surface area contributed by atoms with Crippen LogP contribution in [-0.4, -0.2) is 42.4 Å². The first-order valence-corrected chi connectivity index (χ1v) is 9.74. The van der Waals surface area contributed by atoms with E-state index in [1.807, 2.05) is 6.92 Å². The summed E-state index contributed by atoms with van der Waals surface area (Å²) < 4.78 is 96.5. The van der Waals surface area contributed by atoms with Gasteiger partial charge in [0.25, 0.3) is 5.79 Å². The van der Waals surface area contributed by atoms with E-state index in [2.05, 4.69) is 4.74 Å². The summed E-state index contributed by atoms with van der Waals surface area (Å²) in [5, 5.41) is 0. The zero-order valence-corrected chi connectivity index (χ0v) is 16.2. The minimum atomic E-state index is -5.21. The Morgan fingerprint density at radius 1 is 0.931 bits per heavy atom. The summed E-state index contributed by atoms with van der Waals surface area (Å²) in [4.78, 5) is 11.2. The molecule has 8 atom stereocenters. The van der Waals surface area contributed by atoms with Gasteiger partial charge in [-0.1, -0.05) is 13.8 Å². The molecule has 0 radical (unpaired) electrons. The van der Waals surface area contributed by atoms with E-state index < -0.39 is 54.3 Å². The van der Waals surface area contributed by atoms with Gasteiger partial charge >= 0.3 is 12.4 Å². The maximum Gasteiger partial charge on any atom is 0.443 e. The normalized spacial score (nSPS) is 50.2. The standard InChI is InChI=1S/C18H24F6O5/c1-9-4-5-12-10(2)17(18(22,23)24,25-8-15(19,20)21)27-13-16(12)11(9)6-7-14(3,26-13)28-29-16/h9-13H,4-8H2,1-3H3/t9-,10-,11?,12+,13+,14+,16?,17-/m1/s1. The van der Waals surface area contributed by atoms with Gasteiger partial charge in [-0.05, 0) is 38.0 Å². The molecule has 4 aliphatic heterocycles. The van der Waals surface area contributed by atoms with Crippen molar-refractivity contribution in [1.29, 1.82) is 0 Å². The van der Waals surface area contributed by atoms with E-state index in [0.29, 0.717) is 25.7 Å². The van der Waals surface area contributed by atoms with Crippen LogP contribution in [0, 0.1) is 23.7 Å². The second-order valence-electron chi connectivity index (χ2n) is 8.89. The van der Waals surface area contributed by atoms with Crippen molar-refractivity contribution < 1.29 is 50.3 Å². The number of ether oxygens (including phenoxy) is 3. The van der Waals surface area contributed by atoms with Crippen molar-refractivity contribution in [3.05, 3.63) is 0 Å². The zero-order chi connectivity index (χ0) is 21.5. The minimum Gasteiger partial charge on any atom is -0.333 e. The summed E-state index contributed by atoms with van der Waals surface area (Å²) in [5.41, 5.74) is -1.33. The average molecular weight is 434 g/mol. The van der Waals surface area contributed by atoms with Gasteiger partial charge in [0.05, 0.1) is 0 Å². The second-order valence-corrected chi connectivity index (χ2v) is 8.89. The summed E-state index contributed by atoms with van der Waals surface area (Å²) in [6.45, 7) is 2.61. The molecule has 5 nitrogen and oxygen atoms in total. The van der Waals surface area contributed by atoms with Crippen LogP contribution in [0.3, 0.4) is 0 Å². The Labute approximate surface area is 163 Å². The molecule has 5 fully saturated rings. The van der Waals surface area contributed by atoms with Gasteiger partial charge in [-0.2, -0.15) is 26.3 Å². The first-order chi connectivity index (χ1) is 13.2. The Morgan fingerprint density at radius 2 is 1.62 bits per heavy atom. The third-order valence-corrected chi connectivity index (χ3v) is 7.11. The Morgan fingerprint density at radius 3 is 2.24 bits per heavy atom. The molecule has 168 valence electrons. The Balaban J connectivity index is 1.80. The highest BCUT2D eigenvalue weighted by Crippen LogP contribution is 2.64. The van der Waals surface area contributed by atoms with Gasteiger partial charge < -0.3 is 14.2 Å². The number of rotatable bonds is 2. The van der Waals surface area contributed by atoms with E-state index in [-0.39, 0.29) is 11.8 Å². The molecule has 1 saturated carbocycles. The van der Waals surface area contributed by atoms with Crippen molar-refractivity contribution >= 4 is 0 Å². The molecule has 0 amide bonds. The third kappa shape index (κ3) is 3.10. The smallest absolute Gasteiger partial charge is 0.333 e. The van der Waals surface area contributed by atoms with E-state index in [1.54, 1.807) is 0 Å². The van der Waals surface area contributed by atoms with Gasteiger partial charge in [0.15, 0.2) is 11.9 Å². The van der Waals surface area contributed by atoms with Crippen molar-refractivity contribution in [3.8, 4) is 0 Å². The van der Waals surface area contributed by atoms with Crippen molar-refractivity contribution in [2.24, 2.45) is 23.7 Å². The third-order valence-electron chi connectivity index (χ3n) is 7.11. The lowest BCUT2D eigenvalue weighted by Gasteiger charge is -2.62. The molecule has 4 heterocycles. The fraction of sp³-hybridized carbons (Fsp3) is 1.00. The SMILES string of the molecule is C[C@@H]1CC[C@H]2[C@@H](C)[C@](OCC(F)(F)F)(C(F)(F)F)O[C@@H]3O[C@]4(C)CCC1C32OO4. The highest BCUT2D eigenvalue weighted by atomic mass is 19.4. The highest BCUT2D eigenvalue weighted by molar-refractivity contribution is 5.12. The van der Waals surface area contributed by atoms with Crippen LogP contribution in [0.2, 0.25) is 0 Å². The number of hydrogen-bond donors (Lipinski definition) is 0. The molecule has 5 rings (SSSR count). The number of halogens is 6. The molecule has 1 aliphatic carbocycles. The first-order valence-electron chi connectivity index (χ1n) is 9.74. The van der Waals surface area contributed by atoms with E-state index in [4.69, 9.17) is 19.2 Å². The van der Waals surface area contributed by atoms with Gasteiger partial charge in [-0.3, -0.25) is 0 Å². The predicted octanol–water partition coefficient (Wildman–Crippen LogP) is 4.71. The summed E-state index contributed by atoms with van der Waals surface area (Å²) in [6.07, 6.45) is -9.86. The molecule has 0 aromatic carbocycles. The molecule has 2 unspecified atom stereocenters. The van der Waals surface area contributed by atoms with Crippen LogP contribution < -0.4 is 0 Å². The van der Waals surface area contributed by atoms with E-state index in [1.165, 1.54) is 13.8 Å². The largest absolute Gasteiger partial charge is 0.443 e. The Bertz CT molecular complexity index is 656. The van der Waals surface area contributed by atoms with Crippen molar-refractivity contribution in [1.82, 2.24) is 0 Å². The van der Waals surface area contributed by atoms with Crippen molar-refractivity contribution in [2.75, 3.05) is 6.61 Å². The molecule has 11 heteroatoms. The van der Waals surface area contributed by atoms with E-state index in [9.17, 15) is 26.3 Å². The predicted molar refractivity (Wildman–Crippen MR) is 83.8 cm³/mol. The van der Waals surface area contributed by atoms with Gasteiger partial charge in [-0.25, -0.2) is 9.78 Å². The zero-order valence-electron chi connectivity index (χ0n) is 16.2. The van der Waals surface area contributed by atoms with E-state index in [0.717, 1.165) is 0 Å². The summed E-state index contributed by atoms with van der Waals surface area (Å²) in [5.74, 6) is -7.21. The highest BCUT2D eigenvalue weighted by Gasteiger charge is 2.77. The number of fused-ring (bicyclic) bond motifs is 2. The van der Waals surface area contributed by atoms with Crippen molar-refractivity contribution in [2.45, 2.75) is 82.3 Å². The molecule has 5 aliphatic rings. The first kappa shape index (κ1) is 21.6. The van der Waals surface area contributed by atoms with Crippen LogP contribution in [0.25, 0.3) is 0 Å². The molecular formula is C18H24F6O5. The van der Waals surface area contributed by atoms with Gasteiger partial charge in [0.1, 0.15) is 6.61 Å². The van der Waals surface area contributed by atoms with Crippen LogP contribution in [-0.2, 0) is 24.0 Å². The fourth-order valence-electron chi connectivity index (χ4n) is 5.68. The lowest BCUT2D eigenvalue weighted by molar-refractivity contribution is -0.599. The van der Waals surface area contributed by atoms with Gasteiger partial charge in [0, 0.05) is 18.3 Å². The Hall–Kier alpha value is -0.620. The molecule has 0 aromatic rings. The second kappa shape index (κ2) is 6.44. The number of alkyl halides is 6. The maximum atomic E-state index is 14.2. The lowest BCUT2D eigenvalue weighted by atomic mass is 9.57. The van der Waals surface area contributed by atoms with Crippen LogP contribution in [0.5, 0.6) is 0 Å². The lowest BCUT2D eigenvalue weighted by Crippen LogP contribution is -2.76. The topological polar surface area (TPSA) is 46.2 Å². The van der Waals surface area contributed by atoms with Crippen LogP contribution in [0.15, 0.2) is 0 Å². The summed E-state index contributed by atoms with van der Waals surface area (Å²) >= 11 is 0. The van der Waals surface area contributed by atoms with E-state index >= 15 is 0 Å².